The molecule has 0 bridgehead atoms. The molecule has 0 radical (unpaired) electrons. The molecule has 29 heavy (non-hydrogen) atoms. The number of piperidine rings is 1. The summed E-state index contributed by atoms with van der Waals surface area (Å²) in [4.78, 5) is 37.9. The molecule has 1 unspecified atom stereocenters. The molecule has 0 saturated carbocycles. The van der Waals surface area contributed by atoms with Gasteiger partial charge in [0, 0.05) is 37.2 Å². The highest BCUT2D eigenvalue weighted by Crippen LogP contribution is 2.19. The van der Waals surface area contributed by atoms with Crippen molar-refractivity contribution in [3.05, 3.63) is 65.7 Å². The second-order valence-electron chi connectivity index (χ2n) is 7.51. The van der Waals surface area contributed by atoms with Gasteiger partial charge in [-0.3, -0.25) is 19.3 Å². The third-order valence-electron chi connectivity index (χ3n) is 5.23. The van der Waals surface area contributed by atoms with E-state index in [2.05, 4.69) is 10.2 Å². The fourth-order valence-electron chi connectivity index (χ4n) is 3.60. The maximum atomic E-state index is 12.1. The lowest BCUT2D eigenvalue weighted by Crippen LogP contribution is -2.40. The molecule has 152 valence electrons. The highest BCUT2D eigenvalue weighted by atomic mass is 16.2. The maximum Gasteiger partial charge on any atom is 0.224 e. The van der Waals surface area contributed by atoms with Crippen molar-refractivity contribution in [2.45, 2.75) is 32.2 Å². The van der Waals surface area contributed by atoms with Gasteiger partial charge in [0.05, 0.1) is 5.92 Å². The van der Waals surface area contributed by atoms with Gasteiger partial charge in [0.1, 0.15) is 0 Å². The van der Waals surface area contributed by atoms with Crippen molar-refractivity contribution in [1.29, 1.82) is 0 Å². The number of likely N-dealkylation sites (tertiary alicyclic amines) is 1. The van der Waals surface area contributed by atoms with Gasteiger partial charge < -0.3 is 11.1 Å². The van der Waals surface area contributed by atoms with Crippen molar-refractivity contribution < 1.29 is 14.4 Å². The van der Waals surface area contributed by atoms with Gasteiger partial charge in [0.2, 0.25) is 11.8 Å². The van der Waals surface area contributed by atoms with Crippen molar-refractivity contribution in [2.24, 2.45) is 11.7 Å². The predicted octanol–water partition coefficient (Wildman–Crippen LogP) is 2.99. The molecule has 1 fully saturated rings. The summed E-state index contributed by atoms with van der Waals surface area (Å²) in [6.07, 6.45) is 2.18. The van der Waals surface area contributed by atoms with Gasteiger partial charge in [-0.15, -0.1) is 0 Å². The fraction of sp³-hybridized carbons (Fsp3) is 0.348. The van der Waals surface area contributed by atoms with E-state index < -0.39 is 0 Å². The van der Waals surface area contributed by atoms with Crippen molar-refractivity contribution in [1.82, 2.24) is 4.90 Å². The summed E-state index contributed by atoms with van der Waals surface area (Å²) >= 11 is 0. The number of amides is 2. The molecule has 0 aliphatic carbocycles. The fourth-order valence-corrected chi connectivity index (χ4v) is 3.60. The number of nitrogens with two attached hydrogens (primary N) is 1. The number of benzene rings is 2. The number of Topliss-reactive ketones (excluding diaryl/α,β-unsaturated/α-hetero) is 1. The Morgan fingerprint density at radius 2 is 1.72 bits per heavy atom. The Balaban J connectivity index is 1.45. The second-order valence-corrected chi connectivity index (χ2v) is 7.51. The Hall–Kier alpha value is -2.99. The zero-order valence-corrected chi connectivity index (χ0v) is 16.5. The quantitative estimate of drug-likeness (QED) is 0.675. The van der Waals surface area contributed by atoms with E-state index in [0.717, 1.165) is 31.5 Å². The van der Waals surface area contributed by atoms with E-state index in [-0.39, 0.29) is 36.4 Å². The van der Waals surface area contributed by atoms with Crippen LogP contribution in [0.2, 0.25) is 0 Å². The van der Waals surface area contributed by atoms with Crippen LogP contribution in [0.3, 0.4) is 0 Å². The van der Waals surface area contributed by atoms with E-state index in [1.165, 1.54) is 0 Å². The Morgan fingerprint density at radius 1 is 1.00 bits per heavy atom. The minimum absolute atomic E-state index is 0.0353. The van der Waals surface area contributed by atoms with Crippen molar-refractivity contribution in [3.63, 3.8) is 0 Å². The van der Waals surface area contributed by atoms with Crippen LogP contribution in [0, 0.1) is 5.92 Å². The van der Waals surface area contributed by atoms with E-state index in [4.69, 9.17) is 5.73 Å². The number of anilines is 1. The van der Waals surface area contributed by atoms with Gasteiger partial charge in [-0.25, -0.2) is 0 Å². The normalized spacial score (nSPS) is 16.9. The Kier molecular flexibility index (Phi) is 7.14. The Morgan fingerprint density at radius 3 is 2.41 bits per heavy atom. The van der Waals surface area contributed by atoms with Gasteiger partial charge in [-0.2, -0.15) is 0 Å². The third-order valence-corrected chi connectivity index (χ3v) is 5.23. The van der Waals surface area contributed by atoms with Crippen LogP contribution in [0.4, 0.5) is 5.69 Å². The lowest BCUT2D eigenvalue weighted by Gasteiger charge is -2.31. The molecule has 3 rings (SSSR count). The molecule has 1 atom stereocenters. The minimum atomic E-state index is -0.224. The second kappa shape index (κ2) is 9.98. The smallest absolute Gasteiger partial charge is 0.224 e. The third kappa shape index (κ3) is 6.26. The summed E-state index contributed by atoms with van der Waals surface area (Å²) in [6, 6.07) is 16.7. The largest absolute Gasteiger partial charge is 0.369 e. The van der Waals surface area contributed by atoms with Gasteiger partial charge in [-0.05, 0) is 37.1 Å². The molecule has 6 heteroatoms. The number of ketones is 1. The van der Waals surface area contributed by atoms with Crippen molar-refractivity contribution in [2.75, 3.05) is 18.4 Å². The number of primary amides is 1. The molecule has 2 aromatic rings. The number of nitrogens with one attached hydrogen (secondary N) is 1. The first-order valence-electron chi connectivity index (χ1n) is 10.00. The lowest BCUT2D eigenvalue weighted by atomic mass is 9.97. The summed E-state index contributed by atoms with van der Waals surface area (Å²) in [5, 5.41) is 2.84. The summed E-state index contributed by atoms with van der Waals surface area (Å²) < 4.78 is 0. The molecule has 0 spiro atoms. The SMILES string of the molecule is NC(=O)C1CCCN(Cc2ccc(NC(=O)CCC(=O)c3ccccc3)cc2)C1. The first kappa shape index (κ1) is 20.7. The number of hydrogen-bond donors (Lipinski definition) is 2. The average Bonchev–Trinajstić information content (AvgIpc) is 2.74. The van der Waals surface area contributed by atoms with Gasteiger partial charge in [0.25, 0.3) is 0 Å². The zero-order valence-electron chi connectivity index (χ0n) is 16.5. The van der Waals surface area contributed by atoms with E-state index in [1.807, 2.05) is 42.5 Å². The molecule has 1 saturated heterocycles. The molecular weight excluding hydrogens is 366 g/mol. The van der Waals surface area contributed by atoms with Crippen LogP contribution in [0.15, 0.2) is 54.6 Å². The van der Waals surface area contributed by atoms with Gasteiger partial charge in [0.15, 0.2) is 5.78 Å². The molecule has 2 aromatic carbocycles. The highest BCUT2D eigenvalue weighted by Gasteiger charge is 2.23. The average molecular weight is 393 g/mol. The predicted molar refractivity (Wildman–Crippen MR) is 112 cm³/mol. The number of rotatable bonds is 8. The van der Waals surface area contributed by atoms with Gasteiger partial charge >= 0.3 is 0 Å². The summed E-state index contributed by atoms with van der Waals surface area (Å²) in [6.45, 7) is 2.41. The van der Waals surface area contributed by atoms with E-state index in [9.17, 15) is 14.4 Å². The zero-order chi connectivity index (χ0) is 20.6. The standard InChI is InChI=1S/C23H27N3O3/c24-23(29)19-7-4-14-26(16-19)15-17-8-10-20(11-9-17)25-22(28)13-12-21(27)18-5-2-1-3-6-18/h1-3,5-6,8-11,19H,4,7,12-16H2,(H2,24,29)(H,25,28). The first-order valence-corrected chi connectivity index (χ1v) is 10.00. The van der Waals surface area contributed by atoms with E-state index in [1.54, 1.807) is 12.1 Å². The number of carbonyl (C=O) groups excluding carboxylic acids is 3. The molecule has 0 aromatic heterocycles. The van der Waals surface area contributed by atoms with E-state index >= 15 is 0 Å². The highest BCUT2D eigenvalue weighted by molar-refractivity contribution is 5.99. The molecule has 1 aliphatic heterocycles. The van der Waals surface area contributed by atoms with Crippen molar-refractivity contribution in [3.8, 4) is 0 Å². The van der Waals surface area contributed by atoms with Crippen LogP contribution < -0.4 is 11.1 Å². The van der Waals surface area contributed by atoms with Gasteiger partial charge in [-0.1, -0.05) is 42.5 Å². The minimum Gasteiger partial charge on any atom is -0.369 e. The Labute approximate surface area is 171 Å². The van der Waals surface area contributed by atoms with Crippen LogP contribution in [-0.2, 0) is 16.1 Å². The van der Waals surface area contributed by atoms with Crippen LogP contribution in [-0.4, -0.2) is 35.6 Å². The summed E-state index contributed by atoms with van der Waals surface area (Å²) in [7, 11) is 0. The van der Waals surface area contributed by atoms with Crippen LogP contribution in [0.5, 0.6) is 0 Å². The van der Waals surface area contributed by atoms with Crippen LogP contribution in [0.25, 0.3) is 0 Å². The molecule has 3 N–H and O–H groups in total. The number of carbonyl (C=O) groups is 3. The first-order chi connectivity index (χ1) is 14.0. The van der Waals surface area contributed by atoms with Crippen molar-refractivity contribution >= 4 is 23.3 Å². The molecular formula is C23H27N3O3. The number of nitrogens with zero attached hydrogens (tertiary/aromatic N) is 1. The maximum absolute atomic E-state index is 12.1. The number of hydrogen-bond acceptors (Lipinski definition) is 4. The summed E-state index contributed by atoms with van der Waals surface area (Å²) in [5.41, 5.74) is 7.89. The van der Waals surface area contributed by atoms with Crippen LogP contribution in [0.1, 0.15) is 41.6 Å². The molecule has 2 amide bonds. The molecule has 1 aliphatic rings. The van der Waals surface area contributed by atoms with E-state index in [0.29, 0.717) is 17.8 Å². The molecule has 6 nitrogen and oxygen atoms in total. The topological polar surface area (TPSA) is 92.5 Å². The van der Waals surface area contributed by atoms with Crippen LogP contribution >= 0.6 is 0 Å². The monoisotopic (exact) mass is 393 g/mol. The summed E-state index contributed by atoms with van der Waals surface area (Å²) in [5.74, 6) is -0.506. The molecule has 1 heterocycles. The Bertz CT molecular complexity index is 849. The lowest BCUT2D eigenvalue weighted by molar-refractivity contribution is -0.123.